The van der Waals surface area contributed by atoms with Gasteiger partial charge in [-0.25, -0.2) is 8.42 Å². The Labute approximate surface area is 115 Å². The van der Waals surface area contributed by atoms with E-state index in [1.807, 2.05) is 0 Å². The lowest BCUT2D eigenvalue weighted by molar-refractivity contribution is -0.137. The van der Waals surface area contributed by atoms with Crippen molar-refractivity contribution < 1.29 is 21.6 Å². The maximum atomic E-state index is 12.5. The Morgan fingerprint density at radius 2 is 1.75 bits per heavy atom. The fourth-order valence-electron chi connectivity index (χ4n) is 2.69. The summed E-state index contributed by atoms with van der Waals surface area (Å²) >= 11 is 0. The van der Waals surface area contributed by atoms with Crippen molar-refractivity contribution in [3.05, 3.63) is 29.8 Å². The highest BCUT2D eigenvalue weighted by Gasteiger charge is 2.38. The van der Waals surface area contributed by atoms with Gasteiger partial charge in [0.2, 0.25) is 0 Å². The maximum absolute atomic E-state index is 12.5. The predicted molar refractivity (Wildman–Crippen MR) is 68.8 cm³/mol. The lowest BCUT2D eigenvalue weighted by atomic mass is 10.1. The quantitative estimate of drug-likeness (QED) is 0.934. The Morgan fingerprint density at radius 1 is 1.15 bits per heavy atom. The van der Waals surface area contributed by atoms with Gasteiger partial charge in [0.25, 0.3) is 0 Å². The number of benzene rings is 1. The molecule has 2 N–H and O–H groups in total. The molecule has 0 heterocycles. The van der Waals surface area contributed by atoms with Crippen molar-refractivity contribution in [3.8, 4) is 0 Å². The lowest BCUT2D eigenvalue weighted by Gasteiger charge is -2.18. The van der Waals surface area contributed by atoms with Crippen molar-refractivity contribution in [3.63, 3.8) is 0 Å². The Balaban J connectivity index is 2.31. The molecule has 3 nitrogen and oxygen atoms in total. The standard InChI is InChI=1S/C13H16F3NO2S/c14-13(15,16)10-4-6-11(7-5-10)20(18,19)12-3-1-2-9(12)8-17/h4-7,9,12H,1-3,8,17H2. The van der Waals surface area contributed by atoms with Gasteiger partial charge < -0.3 is 5.73 Å². The molecule has 0 spiro atoms. The van der Waals surface area contributed by atoms with Crippen LogP contribution >= 0.6 is 0 Å². The highest BCUT2D eigenvalue weighted by Crippen LogP contribution is 2.35. The van der Waals surface area contributed by atoms with Crippen LogP contribution in [0, 0.1) is 5.92 Å². The molecule has 2 rings (SSSR count). The molecule has 0 bridgehead atoms. The molecule has 1 aromatic carbocycles. The molecule has 0 aliphatic heterocycles. The monoisotopic (exact) mass is 307 g/mol. The highest BCUT2D eigenvalue weighted by atomic mass is 32.2. The summed E-state index contributed by atoms with van der Waals surface area (Å²) in [6.45, 7) is 0.282. The third-order valence-corrected chi connectivity index (χ3v) is 6.15. The van der Waals surface area contributed by atoms with Crippen LogP contribution in [0.4, 0.5) is 13.2 Å². The van der Waals surface area contributed by atoms with Crippen LogP contribution in [0.3, 0.4) is 0 Å². The summed E-state index contributed by atoms with van der Waals surface area (Å²) in [5.74, 6) is -0.109. The van der Waals surface area contributed by atoms with Crippen LogP contribution in [0.5, 0.6) is 0 Å². The zero-order valence-electron chi connectivity index (χ0n) is 10.7. The highest BCUT2D eigenvalue weighted by molar-refractivity contribution is 7.92. The van der Waals surface area contributed by atoms with E-state index in [0.29, 0.717) is 6.42 Å². The van der Waals surface area contributed by atoms with E-state index in [1.54, 1.807) is 0 Å². The van der Waals surface area contributed by atoms with Crippen LogP contribution in [-0.2, 0) is 16.0 Å². The molecule has 0 saturated heterocycles. The van der Waals surface area contributed by atoms with Crippen molar-refractivity contribution in [2.24, 2.45) is 11.7 Å². The maximum Gasteiger partial charge on any atom is 0.416 e. The van der Waals surface area contributed by atoms with E-state index in [1.165, 1.54) is 0 Å². The second kappa shape index (κ2) is 5.37. The van der Waals surface area contributed by atoms with Gasteiger partial charge in [0.15, 0.2) is 9.84 Å². The summed E-state index contributed by atoms with van der Waals surface area (Å²) < 4.78 is 62.3. The zero-order valence-corrected chi connectivity index (χ0v) is 11.5. The molecule has 1 aliphatic rings. The van der Waals surface area contributed by atoms with Gasteiger partial charge in [-0.3, -0.25) is 0 Å². The molecule has 2 atom stereocenters. The van der Waals surface area contributed by atoms with Gasteiger partial charge in [0.05, 0.1) is 15.7 Å². The minimum atomic E-state index is -4.46. The summed E-state index contributed by atoms with van der Waals surface area (Å²) in [4.78, 5) is -0.0594. The number of rotatable bonds is 3. The summed E-state index contributed by atoms with van der Waals surface area (Å²) in [5.41, 5.74) is 4.72. The Morgan fingerprint density at radius 3 is 2.25 bits per heavy atom. The fourth-order valence-corrected chi connectivity index (χ4v) is 4.79. The van der Waals surface area contributed by atoms with Gasteiger partial charge in [-0.05, 0) is 49.6 Å². The molecule has 0 aromatic heterocycles. The average Bonchev–Trinajstić information content (AvgIpc) is 2.87. The van der Waals surface area contributed by atoms with Crippen molar-refractivity contribution in [2.75, 3.05) is 6.54 Å². The number of halogens is 3. The molecule has 1 aliphatic carbocycles. The molecule has 2 unspecified atom stereocenters. The summed E-state index contributed by atoms with van der Waals surface area (Å²) in [7, 11) is -3.61. The molecule has 1 saturated carbocycles. The third kappa shape index (κ3) is 2.83. The van der Waals surface area contributed by atoms with Crippen LogP contribution in [0.15, 0.2) is 29.2 Å². The number of sulfone groups is 1. The van der Waals surface area contributed by atoms with E-state index in [0.717, 1.165) is 37.1 Å². The van der Waals surface area contributed by atoms with E-state index >= 15 is 0 Å². The first kappa shape index (κ1) is 15.3. The number of hydrogen-bond donors (Lipinski definition) is 1. The van der Waals surface area contributed by atoms with Crippen LogP contribution in [-0.4, -0.2) is 20.2 Å². The zero-order chi connectivity index (χ0) is 15.0. The van der Waals surface area contributed by atoms with Gasteiger partial charge in [-0.15, -0.1) is 0 Å². The molecule has 20 heavy (non-hydrogen) atoms. The molecule has 1 fully saturated rings. The Bertz CT molecular complexity index is 566. The smallest absolute Gasteiger partial charge is 0.330 e. The first-order valence-corrected chi connectivity index (χ1v) is 7.92. The summed E-state index contributed by atoms with van der Waals surface area (Å²) in [6.07, 6.45) is -2.41. The summed E-state index contributed by atoms with van der Waals surface area (Å²) in [5, 5.41) is -0.579. The Kier molecular flexibility index (Phi) is 4.11. The van der Waals surface area contributed by atoms with Gasteiger partial charge >= 0.3 is 6.18 Å². The molecule has 7 heteroatoms. The van der Waals surface area contributed by atoms with Crippen LogP contribution in [0.25, 0.3) is 0 Å². The molecule has 112 valence electrons. The van der Waals surface area contributed by atoms with Crippen LogP contribution in [0.2, 0.25) is 0 Å². The largest absolute Gasteiger partial charge is 0.416 e. The van der Waals surface area contributed by atoms with Crippen molar-refractivity contribution in [1.82, 2.24) is 0 Å². The van der Waals surface area contributed by atoms with Crippen molar-refractivity contribution in [2.45, 2.75) is 35.6 Å². The molecular weight excluding hydrogens is 291 g/mol. The van der Waals surface area contributed by atoms with Crippen LogP contribution < -0.4 is 5.73 Å². The minimum absolute atomic E-state index is 0.0594. The number of nitrogens with two attached hydrogens (primary N) is 1. The normalized spacial score (nSPS) is 24.0. The fraction of sp³-hybridized carbons (Fsp3) is 0.538. The first-order chi connectivity index (χ1) is 9.26. The number of alkyl halides is 3. The van der Waals surface area contributed by atoms with E-state index in [-0.39, 0.29) is 17.4 Å². The number of hydrogen-bond acceptors (Lipinski definition) is 3. The van der Waals surface area contributed by atoms with Crippen molar-refractivity contribution in [1.29, 1.82) is 0 Å². The van der Waals surface area contributed by atoms with E-state index < -0.39 is 26.8 Å². The predicted octanol–water partition coefficient (Wildman–Crippen LogP) is 2.61. The molecular formula is C13H16F3NO2S. The van der Waals surface area contributed by atoms with Gasteiger partial charge in [-0.2, -0.15) is 13.2 Å². The summed E-state index contributed by atoms with van der Waals surface area (Å²) in [6, 6.07) is 3.67. The van der Waals surface area contributed by atoms with E-state index in [4.69, 9.17) is 5.73 Å². The first-order valence-electron chi connectivity index (χ1n) is 6.38. The van der Waals surface area contributed by atoms with Gasteiger partial charge in [0, 0.05) is 0 Å². The van der Waals surface area contributed by atoms with Crippen molar-refractivity contribution >= 4 is 9.84 Å². The third-order valence-electron chi connectivity index (χ3n) is 3.80. The van der Waals surface area contributed by atoms with Gasteiger partial charge in [0.1, 0.15) is 0 Å². The lowest BCUT2D eigenvalue weighted by Crippen LogP contribution is -2.30. The average molecular weight is 307 g/mol. The second-order valence-electron chi connectivity index (χ2n) is 5.03. The SMILES string of the molecule is NCC1CCCC1S(=O)(=O)c1ccc(C(F)(F)F)cc1. The minimum Gasteiger partial charge on any atom is -0.330 e. The van der Waals surface area contributed by atoms with Gasteiger partial charge in [-0.1, -0.05) is 6.42 Å². The molecule has 1 aromatic rings. The van der Waals surface area contributed by atoms with E-state index in [2.05, 4.69) is 0 Å². The second-order valence-corrected chi connectivity index (χ2v) is 7.20. The van der Waals surface area contributed by atoms with Crippen LogP contribution in [0.1, 0.15) is 24.8 Å². The van der Waals surface area contributed by atoms with E-state index in [9.17, 15) is 21.6 Å². The topological polar surface area (TPSA) is 60.2 Å². The molecule has 0 amide bonds. The Hall–Kier alpha value is -1.08. The molecule has 0 radical (unpaired) electrons.